The molecule has 210 valence electrons. The summed E-state index contributed by atoms with van der Waals surface area (Å²) in [5.41, 5.74) is 4.88. The van der Waals surface area contributed by atoms with Crippen LogP contribution in [0.15, 0.2) is 76.3 Å². The summed E-state index contributed by atoms with van der Waals surface area (Å²) in [6.45, 7) is 8.89. The minimum Gasteiger partial charge on any atom is -0.368 e. The second kappa shape index (κ2) is 12.7. The number of hydrogen-bond acceptors (Lipinski definition) is 4. The normalized spacial score (nSPS) is 14.4. The molecule has 4 aromatic rings. The van der Waals surface area contributed by atoms with Gasteiger partial charge in [-0.15, -0.1) is 0 Å². The molecule has 0 atom stereocenters. The van der Waals surface area contributed by atoms with Crippen molar-refractivity contribution >= 4 is 39.2 Å². The summed E-state index contributed by atoms with van der Waals surface area (Å²) in [6, 6.07) is 22.8. The first-order valence-electron chi connectivity index (χ1n) is 14.3. The van der Waals surface area contributed by atoms with Crippen molar-refractivity contribution < 1.29 is 0 Å². The lowest BCUT2D eigenvalue weighted by Gasteiger charge is -2.34. The summed E-state index contributed by atoms with van der Waals surface area (Å²) >= 11 is 2.31. The van der Waals surface area contributed by atoms with Crippen LogP contribution in [0.2, 0.25) is 0 Å². The molecule has 0 spiro atoms. The predicted octanol–water partition coefficient (Wildman–Crippen LogP) is 5.40. The van der Waals surface area contributed by atoms with Crippen LogP contribution >= 0.6 is 22.6 Å². The lowest BCUT2D eigenvalue weighted by Crippen LogP contribution is -2.46. The summed E-state index contributed by atoms with van der Waals surface area (Å²) < 4.78 is 4.31. The zero-order chi connectivity index (χ0) is 28.2. The minimum absolute atomic E-state index is 0.178. The van der Waals surface area contributed by atoms with Crippen LogP contribution in [0, 0.1) is 9.49 Å². The number of piperazine rings is 1. The van der Waals surface area contributed by atoms with Gasteiger partial charge in [0.1, 0.15) is 0 Å². The van der Waals surface area contributed by atoms with Gasteiger partial charge in [-0.25, -0.2) is 4.79 Å². The first-order chi connectivity index (χ1) is 19.3. The van der Waals surface area contributed by atoms with Crippen molar-refractivity contribution in [3.05, 3.63) is 108 Å². The highest BCUT2D eigenvalue weighted by atomic mass is 127. The molecule has 0 radical (unpaired) electrons. The quantitative estimate of drug-likeness (QED) is 0.228. The number of anilines is 1. The zero-order valence-electron chi connectivity index (χ0n) is 23.8. The third-order valence-corrected chi connectivity index (χ3v) is 8.41. The number of aryl methyl sites for hydroxylation is 1. The van der Waals surface area contributed by atoms with Gasteiger partial charge < -0.3 is 9.80 Å². The van der Waals surface area contributed by atoms with Gasteiger partial charge in [0.25, 0.3) is 5.56 Å². The summed E-state index contributed by atoms with van der Waals surface area (Å²) in [7, 11) is 2.13. The Balaban J connectivity index is 1.55. The molecule has 3 aromatic carbocycles. The van der Waals surface area contributed by atoms with Gasteiger partial charge in [0.2, 0.25) is 0 Å². The highest BCUT2D eigenvalue weighted by Gasteiger charge is 2.22. The largest absolute Gasteiger partial charge is 0.368 e. The summed E-state index contributed by atoms with van der Waals surface area (Å²) in [6.07, 6.45) is 2.61. The number of fused-ring (bicyclic) bond motifs is 1. The minimum atomic E-state index is -0.235. The molecule has 1 aliphatic heterocycles. The molecule has 7 heteroatoms. The number of benzene rings is 3. The van der Waals surface area contributed by atoms with E-state index in [1.807, 2.05) is 36.4 Å². The maximum atomic E-state index is 14.1. The molecule has 2 heterocycles. The smallest absolute Gasteiger partial charge is 0.331 e. The van der Waals surface area contributed by atoms with E-state index >= 15 is 0 Å². The van der Waals surface area contributed by atoms with Crippen LogP contribution < -0.4 is 16.1 Å². The molecule has 0 bridgehead atoms. The Labute approximate surface area is 250 Å². The average molecular weight is 651 g/mol. The molecule has 0 unspecified atom stereocenters. The van der Waals surface area contributed by atoms with Crippen molar-refractivity contribution in [1.29, 1.82) is 0 Å². The SMILES string of the molecule is CC(C)Cc1cccc(CCCn2c(=O)c3c(N4CCN(C)CC4)cc(I)cc3n(Cc3ccccc3)c2=O)c1. The Morgan fingerprint density at radius 3 is 2.25 bits per heavy atom. The molecule has 1 aliphatic rings. The maximum Gasteiger partial charge on any atom is 0.331 e. The lowest BCUT2D eigenvalue weighted by molar-refractivity contribution is 0.313. The molecule has 0 N–H and O–H groups in total. The Bertz CT molecular complexity index is 1580. The third kappa shape index (κ3) is 6.52. The Morgan fingerprint density at radius 1 is 0.825 bits per heavy atom. The van der Waals surface area contributed by atoms with E-state index < -0.39 is 0 Å². The first-order valence-corrected chi connectivity index (χ1v) is 15.4. The van der Waals surface area contributed by atoms with E-state index in [0.717, 1.165) is 65.8 Å². The van der Waals surface area contributed by atoms with E-state index in [2.05, 4.69) is 83.6 Å². The molecule has 5 rings (SSSR count). The number of aromatic nitrogens is 2. The van der Waals surface area contributed by atoms with Crippen LogP contribution in [0.5, 0.6) is 0 Å². The monoisotopic (exact) mass is 650 g/mol. The highest BCUT2D eigenvalue weighted by Crippen LogP contribution is 2.28. The van der Waals surface area contributed by atoms with Gasteiger partial charge in [0, 0.05) is 36.3 Å². The van der Waals surface area contributed by atoms with E-state index in [9.17, 15) is 9.59 Å². The van der Waals surface area contributed by atoms with Gasteiger partial charge in [-0.3, -0.25) is 13.9 Å². The van der Waals surface area contributed by atoms with Crippen LogP contribution in [0.3, 0.4) is 0 Å². The first kappa shape index (κ1) is 28.6. The van der Waals surface area contributed by atoms with E-state index in [1.165, 1.54) is 15.7 Å². The molecule has 1 aromatic heterocycles. The second-order valence-electron chi connectivity index (χ2n) is 11.4. The van der Waals surface area contributed by atoms with Crippen molar-refractivity contribution in [3.63, 3.8) is 0 Å². The molecule has 0 aliphatic carbocycles. The van der Waals surface area contributed by atoms with E-state index in [-0.39, 0.29) is 11.2 Å². The number of nitrogens with zero attached hydrogens (tertiary/aromatic N) is 4. The van der Waals surface area contributed by atoms with Crippen molar-refractivity contribution in [3.8, 4) is 0 Å². The van der Waals surface area contributed by atoms with Crippen molar-refractivity contribution in [2.24, 2.45) is 5.92 Å². The summed E-state index contributed by atoms with van der Waals surface area (Å²) in [5, 5.41) is 0.652. The Kier molecular flexibility index (Phi) is 9.10. The molecular formula is C33H39IN4O2. The molecule has 1 fully saturated rings. The lowest BCUT2D eigenvalue weighted by atomic mass is 9.99. The van der Waals surface area contributed by atoms with Gasteiger partial charge in [-0.05, 0) is 83.6 Å². The standard InChI is InChI=1S/C33H39IN4O2/c1-24(2)19-27-12-7-11-25(20-27)13-8-14-37-32(39)31-29(36-17-15-35(3)16-18-36)21-28(34)22-30(31)38(33(37)40)23-26-9-5-4-6-10-26/h4-7,9-12,20-22,24H,8,13-19,23H2,1-3H3. The molecule has 6 nitrogen and oxygen atoms in total. The number of likely N-dealkylation sites (N-methyl/N-ethyl adjacent to an activating group) is 1. The molecule has 40 heavy (non-hydrogen) atoms. The van der Waals surface area contributed by atoms with Crippen molar-refractivity contribution in [2.45, 2.75) is 46.2 Å². The number of hydrogen-bond donors (Lipinski definition) is 0. The summed E-state index contributed by atoms with van der Waals surface area (Å²) in [5.74, 6) is 0.604. The van der Waals surface area contributed by atoms with Crippen LogP contribution in [-0.2, 0) is 25.9 Å². The van der Waals surface area contributed by atoms with E-state index in [1.54, 1.807) is 4.57 Å². The average Bonchev–Trinajstić information content (AvgIpc) is 2.93. The fourth-order valence-corrected chi connectivity index (χ4v) is 6.31. The Morgan fingerprint density at radius 2 is 1.52 bits per heavy atom. The van der Waals surface area contributed by atoms with Crippen LogP contribution in [-0.4, -0.2) is 47.3 Å². The van der Waals surface area contributed by atoms with Gasteiger partial charge in [-0.1, -0.05) is 68.4 Å². The van der Waals surface area contributed by atoms with Gasteiger partial charge in [0.15, 0.2) is 0 Å². The third-order valence-electron chi connectivity index (χ3n) is 7.78. The van der Waals surface area contributed by atoms with Gasteiger partial charge in [0.05, 0.1) is 23.1 Å². The van der Waals surface area contributed by atoms with Crippen LogP contribution in [0.4, 0.5) is 5.69 Å². The van der Waals surface area contributed by atoms with Crippen LogP contribution in [0.1, 0.15) is 37.0 Å². The number of halogens is 1. The Hall–Kier alpha value is -2.91. The van der Waals surface area contributed by atoms with Gasteiger partial charge in [-0.2, -0.15) is 0 Å². The van der Waals surface area contributed by atoms with Crippen molar-refractivity contribution in [2.75, 3.05) is 38.1 Å². The maximum absolute atomic E-state index is 14.1. The second-order valence-corrected chi connectivity index (χ2v) is 12.7. The summed E-state index contributed by atoms with van der Waals surface area (Å²) in [4.78, 5) is 32.7. The zero-order valence-corrected chi connectivity index (χ0v) is 25.9. The predicted molar refractivity (Wildman–Crippen MR) is 174 cm³/mol. The fourth-order valence-electron chi connectivity index (χ4n) is 5.72. The van der Waals surface area contributed by atoms with Crippen molar-refractivity contribution in [1.82, 2.24) is 14.0 Å². The van der Waals surface area contributed by atoms with E-state index in [4.69, 9.17) is 0 Å². The van der Waals surface area contributed by atoms with Gasteiger partial charge >= 0.3 is 5.69 Å². The topological polar surface area (TPSA) is 50.5 Å². The molecule has 0 amide bonds. The number of rotatable bonds is 9. The highest BCUT2D eigenvalue weighted by molar-refractivity contribution is 14.1. The fraction of sp³-hybridized carbons (Fsp3) is 0.394. The van der Waals surface area contributed by atoms with Crippen LogP contribution in [0.25, 0.3) is 10.9 Å². The molecular weight excluding hydrogens is 611 g/mol. The molecule has 0 saturated carbocycles. The van der Waals surface area contributed by atoms with E-state index in [0.29, 0.717) is 24.4 Å². The molecule has 1 saturated heterocycles.